The first-order chi connectivity index (χ1) is 13.6. The summed E-state index contributed by atoms with van der Waals surface area (Å²) in [6, 6.07) is 12.6. The summed E-state index contributed by atoms with van der Waals surface area (Å²) in [4.78, 5) is 24.0. The van der Waals surface area contributed by atoms with Crippen LogP contribution in [0.25, 0.3) is 11.0 Å². The van der Waals surface area contributed by atoms with E-state index >= 15 is 0 Å². The summed E-state index contributed by atoms with van der Waals surface area (Å²) in [6.45, 7) is 2.77. The van der Waals surface area contributed by atoms with Gasteiger partial charge >= 0.3 is 5.97 Å². The van der Waals surface area contributed by atoms with Crippen molar-refractivity contribution in [1.29, 1.82) is 0 Å². The highest BCUT2D eigenvalue weighted by Crippen LogP contribution is 2.14. The second-order valence-corrected chi connectivity index (χ2v) is 6.13. The fraction of sp³-hybridized carbons (Fsp3) is 0.300. The number of rotatable bonds is 8. The molecule has 1 heterocycles. The highest BCUT2D eigenvalue weighted by molar-refractivity contribution is 5.94. The van der Waals surface area contributed by atoms with E-state index in [1.807, 2.05) is 31.2 Å². The summed E-state index contributed by atoms with van der Waals surface area (Å²) in [7, 11) is 1.61. The molecule has 3 aromatic rings. The maximum absolute atomic E-state index is 12.2. The quantitative estimate of drug-likeness (QED) is 0.599. The minimum atomic E-state index is -0.571. The minimum Gasteiger partial charge on any atom is -0.497 e. The van der Waals surface area contributed by atoms with Gasteiger partial charge in [0.1, 0.15) is 11.3 Å². The first-order valence-electron chi connectivity index (χ1n) is 9.00. The third-order valence-electron chi connectivity index (χ3n) is 4.28. The van der Waals surface area contributed by atoms with Crippen molar-refractivity contribution in [2.75, 3.05) is 20.3 Å². The van der Waals surface area contributed by atoms with E-state index in [2.05, 4.69) is 15.6 Å². The molecular weight excluding hydrogens is 360 g/mol. The van der Waals surface area contributed by atoms with Crippen LogP contribution in [-0.4, -0.2) is 47.1 Å². The standard InChI is InChI=1S/C20H22N4O4/c1-3-24-18-9-6-15(12-17(18)22-23-24)20(26)28-13-19(25)21-11-10-14-4-7-16(27-2)8-5-14/h4-9,12H,3,10-11,13H2,1-2H3,(H,21,25). The zero-order valence-corrected chi connectivity index (χ0v) is 15.8. The van der Waals surface area contributed by atoms with Gasteiger partial charge in [0, 0.05) is 13.1 Å². The molecule has 146 valence electrons. The molecule has 0 unspecified atom stereocenters. The maximum Gasteiger partial charge on any atom is 0.338 e. The van der Waals surface area contributed by atoms with E-state index in [9.17, 15) is 9.59 Å². The summed E-state index contributed by atoms with van der Waals surface area (Å²) in [5, 5.41) is 10.8. The molecule has 8 heteroatoms. The lowest BCUT2D eigenvalue weighted by atomic mass is 10.1. The Morgan fingerprint density at radius 3 is 2.64 bits per heavy atom. The van der Waals surface area contributed by atoms with E-state index in [1.54, 1.807) is 30.0 Å². The van der Waals surface area contributed by atoms with Gasteiger partial charge in [-0.25, -0.2) is 9.48 Å². The van der Waals surface area contributed by atoms with Crippen LogP contribution in [0.2, 0.25) is 0 Å². The van der Waals surface area contributed by atoms with E-state index in [1.165, 1.54) is 0 Å². The number of methoxy groups -OCH3 is 1. The SMILES string of the molecule is CCn1nnc2cc(C(=O)OCC(=O)NCCc3ccc(OC)cc3)ccc21. The van der Waals surface area contributed by atoms with Crippen molar-refractivity contribution in [3.8, 4) is 5.75 Å². The van der Waals surface area contributed by atoms with E-state index in [0.717, 1.165) is 16.8 Å². The molecular formula is C20H22N4O4. The Balaban J connectivity index is 1.45. The molecule has 0 aliphatic rings. The maximum atomic E-state index is 12.2. The molecule has 3 rings (SSSR count). The van der Waals surface area contributed by atoms with Crippen molar-refractivity contribution in [2.45, 2.75) is 19.9 Å². The molecule has 0 saturated heterocycles. The van der Waals surface area contributed by atoms with Crippen molar-refractivity contribution in [3.05, 3.63) is 53.6 Å². The second-order valence-electron chi connectivity index (χ2n) is 6.13. The average molecular weight is 382 g/mol. The number of carbonyl (C=O) groups excluding carboxylic acids is 2. The van der Waals surface area contributed by atoms with Crippen LogP contribution < -0.4 is 10.1 Å². The summed E-state index contributed by atoms with van der Waals surface area (Å²) in [5.74, 6) is -0.131. The molecule has 8 nitrogen and oxygen atoms in total. The molecule has 0 aliphatic heterocycles. The lowest BCUT2D eigenvalue weighted by Crippen LogP contribution is -2.30. The van der Waals surface area contributed by atoms with E-state index in [0.29, 0.717) is 30.6 Å². The van der Waals surface area contributed by atoms with Gasteiger partial charge in [0.05, 0.1) is 18.2 Å². The van der Waals surface area contributed by atoms with Crippen LogP contribution >= 0.6 is 0 Å². The lowest BCUT2D eigenvalue weighted by Gasteiger charge is -2.07. The number of nitrogens with one attached hydrogen (secondary N) is 1. The van der Waals surface area contributed by atoms with Crippen LogP contribution in [0.3, 0.4) is 0 Å². The van der Waals surface area contributed by atoms with Crippen LogP contribution in [0, 0.1) is 0 Å². The fourth-order valence-electron chi connectivity index (χ4n) is 2.74. The van der Waals surface area contributed by atoms with Crippen molar-refractivity contribution >= 4 is 22.9 Å². The Bertz CT molecular complexity index is 966. The van der Waals surface area contributed by atoms with Gasteiger partial charge in [-0.05, 0) is 49.2 Å². The highest BCUT2D eigenvalue weighted by atomic mass is 16.5. The Morgan fingerprint density at radius 1 is 1.14 bits per heavy atom. The number of hydrogen-bond donors (Lipinski definition) is 1. The zero-order valence-electron chi connectivity index (χ0n) is 15.8. The molecule has 28 heavy (non-hydrogen) atoms. The van der Waals surface area contributed by atoms with Crippen LogP contribution in [0.4, 0.5) is 0 Å². The number of aryl methyl sites for hydroxylation is 1. The number of fused-ring (bicyclic) bond motifs is 1. The smallest absolute Gasteiger partial charge is 0.338 e. The van der Waals surface area contributed by atoms with Crippen LogP contribution in [-0.2, 0) is 22.5 Å². The Morgan fingerprint density at radius 2 is 1.93 bits per heavy atom. The van der Waals surface area contributed by atoms with E-state index in [4.69, 9.17) is 9.47 Å². The minimum absolute atomic E-state index is 0.332. The molecule has 0 bridgehead atoms. The number of benzene rings is 2. The number of esters is 1. The van der Waals surface area contributed by atoms with Gasteiger partial charge in [-0.3, -0.25) is 4.79 Å². The molecule has 1 aromatic heterocycles. The predicted molar refractivity (Wildman–Crippen MR) is 103 cm³/mol. The van der Waals surface area contributed by atoms with Crippen molar-refractivity contribution < 1.29 is 19.1 Å². The number of ether oxygens (including phenoxy) is 2. The number of amides is 1. The summed E-state index contributed by atoms with van der Waals surface area (Å²) in [5.41, 5.74) is 2.86. The van der Waals surface area contributed by atoms with Crippen molar-refractivity contribution in [3.63, 3.8) is 0 Å². The molecule has 1 N–H and O–H groups in total. The molecule has 0 spiro atoms. The number of nitrogens with zero attached hydrogens (tertiary/aromatic N) is 3. The summed E-state index contributed by atoms with van der Waals surface area (Å²) < 4.78 is 11.9. The highest BCUT2D eigenvalue weighted by Gasteiger charge is 2.12. The van der Waals surface area contributed by atoms with Gasteiger partial charge in [0.15, 0.2) is 6.61 Å². The van der Waals surface area contributed by atoms with Gasteiger partial charge in [-0.2, -0.15) is 0 Å². The molecule has 0 fully saturated rings. The normalized spacial score (nSPS) is 10.6. The Hall–Kier alpha value is -3.42. The molecule has 1 amide bonds. The monoisotopic (exact) mass is 382 g/mol. The van der Waals surface area contributed by atoms with Crippen LogP contribution in [0.5, 0.6) is 5.75 Å². The molecule has 0 radical (unpaired) electrons. The molecule has 0 aliphatic carbocycles. The van der Waals surface area contributed by atoms with Gasteiger partial charge in [0.2, 0.25) is 0 Å². The van der Waals surface area contributed by atoms with Gasteiger partial charge in [0.25, 0.3) is 5.91 Å². The number of carbonyl (C=O) groups is 2. The molecule has 0 atom stereocenters. The van der Waals surface area contributed by atoms with Crippen molar-refractivity contribution in [2.24, 2.45) is 0 Å². The zero-order chi connectivity index (χ0) is 19.9. The third-order valence-corrected chi connectivity index (χ3v) is 4.28. The fourth-order valence-corrected chi connectivity index (χ4v) is 2.74. The van der Waals surface area contributed by atoms with Crippen LogP contribution in [0.15, 0.2) is 42.5 Å². The Kier molecular flexibility index (Phi) is 6.21. The van der Waals surface area contributed by atoms with Gasteiger partial charge in [-0.15, -0.1) is 5.10 Å². The topological polar surface area (TPSA) is 95.3 Å². The summed E-state index contributed by atoms with van der Waals surface area (Å²) in [6.07, 6.45) is 0.674. The Labute approximate surface area is 162 Å². The largest absolute Gasteiger partial charge is 0.497 e. The van der Waals surface area contributed by atoms with Gasteiger partial charge in [-0.1, -0.05) is 17.3 Å². The van der Waals surface area contributed by atoms with Crippen molar-refractivity contribution in [1.82, 2.24) is 20.3 Å². The first-order valence-corrected chi connectivity index (χ1v) is 9.00. The molecule has 0 saturated carbocycles. The van der Waals surface area contributed by atoms with Gasteiger partial charge < -0.3 is 14.8 Å². The second kappa shape index (κ2) is 8.98. The lowest BCUT2D eigenvalue weighted by molar-refractivity contribution is -0.124. The molecule has 2 aromatic carbocycles. The first kappa shape index (κ1) is 19.3. The predicted octanol–water partition coefficient (Wildman–Crippen LogP) is 1.98. The third kappa shape index (κ3) is 4.64. The van der Waals surface area contributed by atoms with E-state index < -0.39 is 5.97 Å². The summed E-state index contributed by atoms with van der Waals surface area (Å²) >= 11 is 0. The number of aromatic nitrogens is 3. The van der Waals surface area contributed by atoms with Crippen LogP contribution in [0.1, 0.15) is 22.8 Å². The van der Waals surface area contributed by atoms with E-state index in [-0.39, 0.29) is 12.5 Å². The number of hydrogen-bond acceptors (Lipinski definition) is 6. The average Bonchev–Trinajstić information content (AvgIpc) is 3.14.